The first-order valence-electron chi connectivity index (χ1n) is 8.59. The first kappa shape index (κ1) is 19.4. The van der Waals surface area contributed by atoms with Crippen molar-refractivity contribution in [2.75, 3.05) is 34.3 Å². The zero-order valence-electron chi connectivity index (χ0n) is 15.9. The van der Waals surface area contributed by atoms with E-state index in [0.29, 0.717) is 32.4 Å². The summed E-state index contributed by atoms with van der Waals surface area (Å²) >= 11 is 0. The van der Waals surface area contributed by atoms with Crippen molar-refractivity contribution >= 4 is 5.91 Å². The summed E-state index contributed by atoms with van der Waals surface area (Å²) in [5.41, 5.74) is 2.42. The van der Waals surface area contributed by atoms with Crippen molar-refractivity contribution in [3.63, 3.8) is 0 Å². The molecule has 1 fully saturated rings. The van der Waals surface area contributed by atoms with Gasteiger partial charge in [0.25, 0.3) is 0 Å². The highest BCUT2D eigenvalue weighted by molar-refractivity contribution is 5.80. The second-order valence-corrected chi connectivity index (χ2v) is 6.91. The van der Waals surface area contributed by atoms with Crippen molar-refractivity contribution in [3.8, 4) is 6.07 Å². The molecule has 6 nitrogen and oxygen atoms in total. The number of hydrogen-bond acceptors (Lipinski definition) is 5. The molecular formula is C19H28N4O2. The molecule has 0 aliphatic carbocycles. The van der Waals surface area contributed by atoms with Gasteiger partial charge in [-0.2, -0.15) is 10.3 Å². The number of nitriles is 1. The van der Waals surface area contributed by atoms with E-state index in [1.807, 2.05) is 51.2 Å². The van der Waals surface area contributed by atoms with Gasteiger partial charge in [0, 0.05) is 40.0 Å². The third-order valence-corrected chi connectivity index (χ3v) is 4.90. The number of piperidine rings is 1. The first-order chi connectivity index (χ1) is 11.8. The standard InChI is InChI=1S/C19H28N4O2/c1-15-6-7-16(2)17(12-15)13-18(24)23(21(3)4)19(14-20)8-10-22(25-5)11-9-19/h6-7,12H,8-11,13H2,1-5H3. The van der Waals surface area contributed by atoms with Crippen LogP contribution in [0.15, 0.2) is 18.2 Å². The Morgan fingerprint density at radius 3 is 2.48 bits per heavy atom. The van der Waals surface area contributed by atoms with Gasteiger partial charge in [-0.3, -0.25) is 9.80 Å². The van der Waals surface area contributed by atoms with Crippen molar-refractivity contribution in [3.05, 3.63) is 34.9 Å². The molecule has 0 spiro atoms. The second kappa shape index (κ2) is 7.96. The Labute approximate surface area is 150 Å². The molecule has 0 saturated carbocycles. The van der Waals surface area contributed by atoms with Crippen LogP contribution in [0.5, 0.6) is 0 Å². The van der Waals surface area contributed by atoms with E-state index in [1.165, 1.54) is 0 Å². The molecule has 0 unspecified atom stereocenters. The van der Waals surface area contributed by atoms with Gasteiger partial charge in [-0.25, -0.2) is 5.01 Å². The summed E-state index contributed by atoms with van der Waals surface area (Å²) in [4.78, 5) is 18.4. The van der Waals surface area contributed by atoms with E-state index in [-0.39, 0.29) is 5.91 Å². The van der Waals surface area contributed by atoms with Crippen LogP contribution in [-0.2, 0) is 16.1 Å². The summed E-state index contributed by atoms with van der Waals surface area (Å²) in [6, 6.07) is 8.55. The molecule has 1 aliphatic rings. The van der Waals surface area contributed by atoms with E-state index >= 15 is 0 Å². The summed E-state index contributed by atoms with van der Waals surface area (Å²) in [7, 11) is 5.28. The van der Waals surface area contributed by atoms with Gasteiger partial charge in [-0.15, -0.1) is 0 Å². The molecule has 1 aromatic carbocycles. The quantitative estimate of drug-likeness (QED) is 0.765. The molecule has 25 heavy (non-hydrogen) atoms. The number of aryl methyl sites for hydroxylation is 2. The van der Waals surface area contributed by atoms with Crippen molar-refractivity contribution in [1.82, 2.24) is 15.1 Å². The van der Waals surface area contributed by atoms with E-state index in [2.05, 4.69) is 6.07 Å². The number of hydroxylamine groups is 2. The Morgan fingerprint density at radius 2 is 1.96 bits per heavy atom. The van der Waals surface area contributed by atoms with Gasteiger partial charge in [-0.05, 0) is 25.0 Å². The number of rotatable bonds is 5. The van der Waals surface area contributed by atoms with Crippen LogP contribution in [0.25, 0.3) is 0 Å². The van der Waals surface area contributed by atoms with E-state index in [0.717, 1.165) is 16.7 Å². The molecule has 1 heterocycles. The highest BCUT2D eigenvalue weighted by atomic mass is 16.7. The molecule has 1 saturated heterocycles. The molecule has 0 radical (unpaired) electrons. The lowest BCUT2D eigenvalue weighted by Gasteiger charge is -2.46. The van der Waals surface area contributed by atoms with Crippen LogP contribution in [0.2, 0.25) is 0 Å². The lowest BCUT2D eigenvalue weighted by Crippen LogP contribution is -2.61. The Morgan fingerprint density at radius 1 is 1.32 bits per heavy atom. The number of hydrazine groups is 1. The predicted molar refractivity (Wildman–Crippen MR) is 96.3 cm³/mol. The number of nitrogens with zero attached hydrogens (tertiary/aromatic N) is 4. The third kappa shape index (κ3) is 4.18. The summed E-state index contributed by atoms with van der Waals surface area (Å²) < 4.78 is 0. The van der Waals surface area contributed by atoms with E-state index in [9.17, 15) is 10.1 Å². The van der Waals surface area contributed by atoms with Crippen LogP contribution in [0, 0.1) is 25.2 Å². The molecule has 1 amide bonds. The van der Waals surface area contributed by atoms with Gasteiger partial charge in [0.2, 0.25) is 5.91 Å². The van der Waals surface area contributed by atoms with Crippen LogP contribution in [0.1, 0.15) is 29.5 Å². The largest absolute Gasteiger partial charge is 0.302 e. The minimum Gasteiger partial charge on any atom is -0.302 e. The fraction of sp³-hybridized carbons (Fsp3) is 0.579. The van der Waals surface area contributed by atoms with E-state index in [1.54, 1.807) is 17.1 Å². The Balaban J connectivity index is 2.26. The number of hydrogen-bond donors (Lipinski definition) is 0. The Hall–Kier alpha value is -1.94. The lowest BCUT2D eigenvalue weighted by atomic mass is 9.88. The highest BCUT2D eigenvalue weighted by Gasteiger charge is 2.44. The first-order valence-corrected chi connectivity index (χ1v) is 8.59. The topological polar surface area (TPSA) is 59.8 Å². The van der Waals surface area contributed by atoms with Gasteiger partial charge in [0.1, 0.15) is 5.54 Å². The van der Waals surface area contributed by atoms with E-state index < -0.39 is 5.54 Å². The molecule has 1 aliphatic heterocycles. The monoisotopic (exact) mass is 344 g/mol. The molecule has 0 aromatic heterocycles. The predicted octanol–water partition coefficient (Wildman–Crippen LogP) is 2.07. The van der Waals surface area contributed by atoms with Crippen LogP contribution in [0.3, 0.4) is 0 Å². The van der Waals surface area contributed by atoms with Gasteiger partial charge in [0.05, 0.1) is 19.6 Å². The summed E-state index contributed by atoms with van der Waals surface area (Å²) in [5, 5.41) is 15.1. The Bertz CT molecular complexity index is 658. The minimum atomic E-state index is -0.826. The van der Waals surface area contributed by atoms with Gasteiger partial charge in [-0.1, -0.05) is 23.8 Å². The normalized spacial score (nSPS) is 17.3. The lowest BCUT2D eigenvalue weighted by molar-refractivity contribution is -0.181. The third-order valence-electron chi connectivity index (χ3n) is 4.90. The van der Waals surface area contributed by atoms with Crippen LogP contribution in [-0.4, -0.2) is 60.8 Å². The molecule has 0 N–H and O–H groups in total. The molecule has 1 aromatic rings. The number of amides is 1. The average molecular weight is 344 g/mol. The zero-order valence-corrected chi connectivity index (χ0v) is 15.9. The maximum atomic E-state index is 13.1. The highest BCUT2D eigenvalue weighted by Crippen LogP contribution is 2.30. The van der Waals surface area contributed by atoms with E-state index in [4.69, 9.17) is 4.84 Å². The van der Waals surface area contributed by atoms with Crippen LogP contribution in [0.4, 0.5) is 0 Å². The zero-order chi connectivity index (χ0) is 18.6. The summed E-state index contributed by atoms with van der Waals surface area (Å²) in [5.74, 6) is -0.0499. The molecule has 136 valence electrons. The van der Waals surface area contributed by atoms with Gasteiger partial charge >= 0.3 is 0 Å². The smallest absolute Gasteiger partial charge is 0.242 e. The summed E-state index contributed by atoms with van der Waals surface area (Å²) in [6.45, 7) is 5.30. The van der Waals surface area contributed by atoms with Gasteiger partial charge < -0.3 is 4.84 Å². The number of benzene rings is 1. The number of carbonyl (C=O) groups is 1. The maximum Gasteiger partial charge on any atom is 0.242 e. The minimum absolute atomic E-state index is 0.0499. The van der Waals surface area contributed by atoms with Crippen LogP contribution >= 0.6 is 0 Å². The summed E-state index contributed by atoms with van der Waals surface area (Å²) in [6.07, 6.45) is 1.42. The molecule has 0 bridgehead atoms. The number of carbonyl (C=O) groups excluding carboxylic acids is 1. The molecule has 0 atom stereocenters. The van der Waals surface area contributed by atoms with Crippen LogP contribution < -0.4 is 0 Å². The SMILES string of the molecule is CON1CCC(C#N)(N(C(=O)Cc2cc(C)ccc2C)N(C)C)CC1. The van der Waals surface area contributed by atoms with Crippen molar-refractivity contribution in [1.29, 1.82) is 5.26 Å². The molecule has 6 heteroatoms. The maximum absolute atomic E-state index is 13.1. The Kier molecular flexibility index (Phi) is 6.17. The van der Waals surface area contributed by atoms with Crippen molar-refractivity contribution in [2.24, 2.45) is 0 Å². The fourth-order valence-corrected chi connectivity index (χ4v) is 3.48. The van der Waals surface area contributed by atoms with Crippen molar-refractivity contribution < 1.29 is 9.63 Å². The fourth-order valence-electron chi connectivity index (χ4n) is 3.48. The van der Waals surface area contributed by atoms with Gasteiger partial charge in [0.15, 0.2) is 0 Å². The second-order valence-electron chi connectivity index (χ2n) is 6.91. The average Bonchev–Trinajstić information content (AvgIpc) is 2.58. The molecular weight excluding hydrogens is 316 g/mol. The molecule has 2 rings (SSSR count). The van der Waals surface area contributed by atoms with Crippen molar-refractivity contribution in [2.45, 2.75) is 38.6 Å².